The molecule has 151 valence electrons. The molecule has 0 spiro atoms. The number of rotatable bonds is 6. The monoisotopic (exact) mass is 489 g/mol. The Morgan fingerprint density at radius 2 is 1.46 bits per heavy atom. The predicted octanol–water partition coefficient (Wildman–Crippen LogP) is 5.81. The molecule has 0 heterocycles. The van der Waals surface area contributed by atoms with Crippen LogP contribution in [-0.4, -0.2) is 29.1 Å². The molecular formula is C21H33ClO2PPd. The summed E-state index contributed by atoms with van der Waals surface area (Å²) in [5, 5.41) is 1.39. The second kappa shape index (κ2) is 9.61. The predicted molar refractivity (Wildman–Crippen MR) is 111 cm³/mol. The number of para-hydroxylation sites is 1. The van der Waals surface area contributed by atoms with E-state index in [0.717, 1.165) is 22.8 Å². The summed E-state index contributed by atoms with van der Waals surface area (Å²) in [5.74, 6) is 1.79. The number of hydrogen-bond donors (Lipinski definition) is 0. The summed E-state index contributed by atoms with van der Waals surface area (Å²) < 4.78 is 11.7. The molecule has 2 aliphatic rings. The van der Waals surface area contributed by atoms with Gasteiger partial charge in [0.15, 0.2) is 0 Å². The Morgan fingerprint density at radius 3 is 1.88 bits per heavy atom. The van der Waals surface area contributed by atoms with Crippen LogP contribution in [0.5, 0.6) is 11.5 Å². The minimum absolute atomic E-state index is 0.0673. The Morgan fingerprint density at radius 1 is 0.923 bits per heavy atom. The molecule has 0 radical (unpaired) electrons. The fraction of sp³-hybridized carbons (Fsp3) is 0.714. The zero-order chi connectivity index (χ0) is 18.6. The average molecular weight is 490 g/mol. The van der Waals surface area contributed by atoms with Crippen LogP contribution < -0.4 is 14.8 Å². The van der Waals surface area contributed by atoms with Crippen LogP contribution in [0.2, 0.25) is 0 Å². The zero-order valence-electron chi connectivity index (χ0n) is 16.0. The summed E-state index contributed by atoms with van der Waals surface area (Å²) >= 11 is 10.7. The van der Waals surface area contributed by atoms with Gasteiger partial charge in [0.05, 0.1) is 0 Å². The summed E-state index contributed by atoms with van der Waals surface area (Å²) in [7, 11) is 1.45. The van der Waals surface area contributed by atoms with Crippen LogP contribution in [0.4, 0.5) is 0 Å². The molecule has 0 bridgehead atoms. The standard InChI is InChI=1S/C21H33ClO2P.Pd/c1-23-19-14-9-15-20(21(19)24-2)25(16-22,17-10-5-3-6-11-17)18-12-7-4-8-13-18;/h9,14-18,25H,3-8,10-13H2,1-2H3;. The van der Waals surface area contributed by atoms with Gasteiger partial charge in [0.25, 0.3) is 0 Å². The molecule has 1 unspecified atom stereocenters. The maximum absolute atomic E-state index is 7.12. The molecule has 2 saturated carbocycles. The van der Waals surface area contributed by atoms with Gasteiger partial charge in [0.2, 0.25) is 0 Å². The van der Waals surface area contributed by atoms with Gasteiger partial charge in [-0.05, 0) is 0 Å². The van der Waals surface area contributed by atoms with E-state index in [1.165, 1.54) is 69.5 Å². The van der Waals surface area contributed by atoms with Gasteiger partial charge >= 0.3 is 176 Å². The van der Waals surface area contributed by atoms with E-state index in [9.17, 15) is 0 Å². The molecule has 0 N–H and O–H groups in total. The quantitative estimate of drug-likeness (QED) is 0.285. The number of ether oxygens (including phenoxy) is 2. The summed E-state index contributed by atoms with van der Waals surface area (Å²) in [5.41, 5.74) is 1.47. The van der Waals surface area contributed by atoms with Crippen LogP contribution in [0.15, 0.2) is 18.2 Å². The number of alkyl halides is 1. The Hall–Kier alpha value is 0.202. The van der Waals surface area contributed by atoms with E-state index in [-0.39, 0.29) is 3.59 Å². The third kappa shape index (κ3) is 3.85. The van der Waals surface area contributed by atoms with Crippen molar-refractivity contribution in [3.8, 4) is 11.5 Å². The molecule has 2 fully saturated rings. The van der Waals surface area contributed by atoms with Crippen molar-refractivity contribution in [2.75, 3.05) is 14.2 Å². The maximum atomic E-state index is 7.12. The van der Waals surface area contributed by atoms with Gasteiger partial charge in [-0.2, -0.15) is 0 Å². The first-order valence-electron chi connectivity index (χ1n) is 10.1. The Balaban J connectivity index is 2.18. The van der Waals surface area contributed by atoms with Crippen molar-refractivity contribution in [1.82, 2.24) is 0 Å². The second-order valence-electron chi connectivity index (χ2n) is 7.91. The van der Waals surface area contributed by atoms with Crippen molar-refractivity contribution in [1.29, 1.82) is 0 Å². The van der Waals surface area contributed by atoms with Crippen molar-refractivity contribution in [3.05, 3.63) is 18.2 Å². The van der Waals surface area contributed by atoms with Gasteiger partial charge < -0.3 is 0 Å². The average Bonchev–Trinajstić information content (AvgIpc) is 2.69. The van der Waals surface area contributed by atoms with Crippen LogP contribution in [0.25, 0.3) is 0 Å². The number of benzene rings is 1. The van der Waals surface area contributed by atoms with Crippen molar-refractivity contribution in [2.45, 2.75) is 79.1 Å². The minimum atomic E-state index is -2.07. The molecule has 0 saturated heterocycles. The van der Waals surface area contributed by atoms with Gasteiger partial charge in [-0.15, -0.1) is 0 Å². The third-order valence-electron chi connectivity index (χ3n) is 6.76. The molecule has 5 heteroatoms. The van der Waals surface area contributed by atoms with E-state index >= 15 is 0 Å². The van der Waals surface area contributed by atoms with Crippen LogP contribution in [0.1, 0.15) is 64.2 Å². The molecular weight excluding hydrogens is 457 g/mol. The molecule has 3 rings (SSSR count). The number of halogens is 1. The summed E-state index contributed by atoms with van der Waals surface area (Å²) in [6, 6.07) is 6.46. The first-order valence-corrected chi connectivity index (χ1v) is 13.7. The van der Waals surface area contributed by atoms with E-state index in [4.69, 9.17) is 21.1 Å². The van der Waals surface area contributed by atoms with Crippen LogP contribution in [-0.2, 0) is 19.2 Å². The fourth-order valence-corrected chi connectivity index (χ4v) is 16.1. The van der Waals surface area contributed by atoms with E-state index < -0.39 is 7.26 Å². The van der Waals surface area contributed by atoms with Crippen molar-refractivity contribution in [3.63, 3.8) is 0 Å². The first kappa shape index (κ1) is 20.9. The molecule has 0 aliphatic heterocycles. The van der Waals surface area contributed by atoms with E-state index in [0.29, 0.717) is 0 Å². The van der Waals surface area contributed by atoms with Crippen LogP contribution >= 0.6 is 18.9 Å². The van der Waals surface area contributed by atoms with Gasteiger partial charge in [-0.1, -0.05) is 0 Å². The van der Waals surface area contributed by atoms with Gasteiger partial charge in [0, 0.05) is 0 Å². The molecule has 0 amide bonds. The van der Waals surface area contributed by atoms with Crippen molar-refractivity contribution in [2.24, 2.45) is 0 Å². The third-order valence-corrected chi connectivity index (χ3v) is 15.9. The molecule has 2 nitrogen and oxygen atoms in total. The summed E-state index contributed by atoms with van der Waals surface area (Å²) in [6.45, 7) is 0. The van der Waals surface area contributed by atoms with Gasteiger partial charge in [-0.3, -0.25) is 0 Å². The van der Waals surface area contributed by atoms with Gasteiger partial charge in [0.1, 0.15) is 0 Å². The van der Waals surface area contributed by atoms with Crippen LogP contribution in [0.3, 0.4) is 0 Å². The topological polar surface area (TPSA) is 18.5 Å². The SMILES string of the molecule is COc1cccc([PH]([CH](Cl)[Pd])(C2CCCCC2)C2CCCCC2)c1OC. The summed E-state index contributed by atoms with van der Waals surface area (Å²) in [6.07, 6.45) is 13.4. The van der Waals surface area contributed by atoms with E-state index in [1.54, 1.807) is 14.2 Å². The fourth-order valence-electron chi connectivity index (χ4n) is 5.60. The normalized spacial score (nSPS) is 22.0. The first-order chi connectivity index (χ1) is 12.7. The van der Waals surface area contributed by atoms with Crippen molar-refractivity contribution >= 4 is 24.2 Å². The van der Waals surface area contributed by atoms with E-state index in [2.05, 4.69) is 31.3 Å². The van der Waals surface area contributed by atoms with E-state index in [1.807, 2.05) is 6.07 Å². The molecule has 2 aliphatic carbocycles. The number of methoxy groups -OCH3 is 2. The Bertz CT molecular complexity index is 565. The zero-order valence-corrected chi connectivity index (χ0v) is 19.4. The second-order valence-corrected chi connectivity index (χ2v) is 15.5. The number of hydrogen-bond acceptors (Lipinski definition) is 2. The summed E-state index contributed by atoms with van der Waals surface area (Å²) in [4.78, 5) is 0. The molecule has 1 aromatic rings. The van der Waals surface area contributed by atoms with Crippen molar-refractivity contribution < 1.29 is 28.7 Å². The van der Waals surface area contributed by atoms with Gasteiger partial charge in [-0.25, -0.2) is 0 Å². The van der Waals surface area contributed by atoms with Crippen LogP contribution in [0, 0.1) is 0 Å². The molecule has 1 aromatic carbocycles. The Kier molecular flexibility index (Phi) is 7.73. The molecule has 26 heavy (non-hydrogen) atoms. The molecule has 0 aromatic heterocycles. The molecule has 1 atom stereocenters. The Labute approximate surface area is 175 Å².